The van der Waals surface area contributed by atoms with Gasteiger partial charge in [0.15, 0.2) is 0 Å². The van der Waals surface area contributed by atoms with Crippen molar-refractivity contribution < 1.29 is 9.13 Å². The molecule has 3 aromatic rings. The van der Waals surface area contributed by atoms with Crippen LogP contribution in [0.2, 0.25) is 25.7 Å². The third-order valence-electron chi connectivity index (χ3n) is 4.02. The number of hydrogen-bond acceptors (Lipinski definition) is 2. The van der Waals surface area contributed by atoms with Crippen molar-refractivity contribution in [3.8, 4) is 11.1 Å². The van der Waals surface area contributed by atoms with Gasteiger partial charge in [0, 0.05) is 32.6 Å². The second-order valence-electron chi connectivity index (χ2n) is 7.22. The molecule has 0 aliphatic rings. The standard InChI is InChI=1S/C19H23FN2OSi/c1-24(2,3)12-11-23-14-22-13-16(15-7-5-4-6-8-15)18-17(20)9-10-21-19(18)22/h4-10,13H,11-12,14H2,1-3H3. The normalized spacial score (nSPS) is 12.0. The molecule has 0 spiro atoms. The van der Waals surface area contributed by atoms with Gasteiger partial charge in [-0.3, -0.25) is 0 Å². The Bertz CT molecular complexity index is 824. The minimum atomic E-state index is -1.12. The van der Waals surface area contributed by atoms with Gasteiger partial charge in [-0.05, 0) is 17.7 Å². The van der Waals surface area contributed by atoms with E-state index in [1.54, 1.807) is 0 Å². The summed E-state index contributed by atoms with van der Waals surface area (Å²) in [6.07, 6.45) is 3.44. The van der Waals surface area contributed by atoms with E-state index >= 15 is 0 Å². The van der Waals surface area contributed by atoms with Crippen LogP contribution in [-0.4, -0.2) is 24.2 Å². The van der Waals surface area contributed by atoms with Crippen molar-refractivity contribution in [3.05, 3.63) is 54.6 Å². The summed E-state index contributed by atoms with van der Waals surface area (Å²) in [5.74, 6) is -0.250. The second kappa shape index (κ2) is 6.87. The van der Waals surface area contributed by atoms with E-state index in [0.717, 1.165) is 23.8 Å². The zero-order valence-electron chi connectivity index (χ0n) is 14.4. The van der Waals surface area contributed by atoms with Gasteiger partial charge in [-0.25, -0.2) is 9.37 Å². The molecule has 0 saturated heterocycles. The lowest BCUT2D eigenvalue weighted by Crippen LogP contribution is -2.22. The zero-order valence-corrected chi connectivity index (χ0v) is 15.4. The maximum atomic E-state index is 14.4. The van der Waals surface area contributed by atoms with Crippen molar-refractivity contribution in [1.82, 2.24) is 9.55 Å². The molecule has 24 heavy (non-hydrogen) atoms. The van der Waals surface area contributed by atoms with Crippen molar-refractivity contribution in [2.24, 2.45) is 0 Å². The van der Waals surface area contributed by atoms with Crippen LogP contribution in [0.1, 0.15) is 0 Å². The lowest BCUT2D eigenvalue weighted by molar-refractivity contribution is 0.0899. The molecule has 0 bridgehead atoms. The molecule has 0 saturated carbocycles. The van der Waals surface area contributed by atoms with E-state index in [9.17, 15) is 4.39 Å². The summed E-state index contributed by atoms with van der Waals surface area (Å²) < 4.78 is 22.1. The number of aromatic nitrogens is 2. The highest BCUT2D eigenvalue weighted by atomic mass is 28.3. The second-order valence-corrected chi connectivity index (χ2v) is 12.8. The molecular weight excluding hydrogens is 319 g/mol. The topological polar surface area (TPSA) is 27.1 Å². The van der Waals surface area contributed by atoms with Crippen molar-refractivity contribution in [2.75, 3.05) is 6.61 Å². The number of rotatable bonds is 6. The highest BCUT2D eigenvalue weighted by Crippen LogP contribution is 2.31. The van der Waals surface area contributed by atoms with Crippen LogP contribution in [0.3, 0.4) is 0 Å². The Morgan fingerprint density at radius 1 is 1.12 bits per heavy atom. The maximum Gasteiger partial charge on any atom is 0.145 e. The first kappa shape index (κ1) is 16.9. The minimum Gasteiger partial charge on any atom is -0.361 e. The number of fused-ring (bicyclic) bond motifs is 1. The summed E-state index contributed by atoms with van der Waals surface area (Å²) >= 11 is 0. The fourth-order valence-corrected chi connectivity index (χ4v) is 3.41. The molecule has 0 radical (unpaired) electrons. The van der Waals surface area contributed by atoms with Gasteiger partial charge in [0.1, 0.15) is 18.2 Å². The molecule has 0 atom stereocenters. The van der Waals surface area contributed by atoms with E-state index in [2.05, 4.69) is 24.6 Å². The Labute approximate surface area is 143 Å². The molecule has 1 aromatic carbocycles. The fraction of sp³-hybridized carbons (Fsp3) is 0.316. The van der Waals surface area contributed by atoms with Crippen LogP contribution in [0.4, 0.5) is 4.39 Å². The van der Waals surface area contributed by atoms with Crippen LogP contribution in [0, 0.1) is 5.82 Å². The summed E-state index contributed by atoms with van der Waals surface area (Å²) in [5, 5.41) is 0.553. The number of hydrogen-bond donors (Lipinski definition) is 0. The van der Waals surface area contributed by atoms with Gasteiger partial charge in [-0.2, -0.15) is 0 Å². The predicted octanol–water partition coefficient (Wildman–Crippen LogP) is 5.15. The summed E-state index contributed by atoms with van der Waals surface area (Å²) in [6, 6.07) is 12.4. The fourth-order valence-electron chi connectivity index (χ4n) is 2.65. The first-order valence-corrected chi connectivity index (χ1v) is 11.9. The van der Waals surface area contributed by atoms with Crippen molar-refractivity contribution >= 4 is 19.1 Å². The lowest BCUT2D eigenvalue weighted by Gasteiger charge is -2.15. The maximum absolute atomic E-state index is 14.4. The number of halogens is 1. The summed E-state index contributed by atoms with van der Waals surface area (Å²) in [4.78, 5) is 4.37. The van der Waals surface area contributed by atoms with E-state index in [1.807, 2.05) is 41.1 Å². The van der Waals surface area contributed by atoms with Crippen LogP contribution in [0.15, 0.2) is 48.8 Å². The summed E-state index contributed by atoms with van der Waals surface area (Å²) in [5.41, 5.74) is 2.46. The number of ether oxygens (including phenoxy) is 1. The van der Waals surface area contributed by atoms with E-state index in [4.69, 9.17) is 4.74 Å². The van der Waals surface area contributed by atoms with Crippen molar-refractivity contribution in [1.29, 1.82) is 0 Å². The smallest absolute Gasteiger partial charge is 0.145 e. The minimum absolute atomic E-state index is 0.250. The molecule has 2 aromatic heterocycles. The molecule has 0 aliphatic carbocycles. The lowest BCUT2D eigenvalue weighted by atomic mass is 10.1. The summed E-state index contributed by atoms with van der Waals surface area (Å²) in [6.45, 7) is 8.10. The van der Waals surface area contributed by atoms with Gasteiger partial charge < -0.3 is 9.30 Å². The van der Waals surface area contributed by atoms with Crippen molar-refractivity contribution in [2.45, 2.75) is 32.4 Å². The van der Waals surface area contributed by atoms with Crippen molar-refractivity contribution in [3.63, 3.8) is 0 Å². The Balaban J connectivity index is 1.91. The quantitative estimate of drug-likeness (QED) is 0.457. The first-order valence-electron chi connectivity index (χ1n) is 8.22. The molecule has 2 heterocycles. The molecule has 0 N–H and O–H groups in total. The average Bonchev–Trinajstić information content (AvgIpc) is 2.92. The zero-order chi connectivity index (χ0) is 17.2. The third kappa shape index (κ3) is 3.74. The van der Waals surface area contributed by atoms with E-state index < -0.39 is 8.07 Å². The van der Waals surface area contributed by atoms with Gasteiger partial charge in [0.05, 0.1) is 5.39 Å². The number of pyridine rings is 1. The molecule has 3 nitrogen and oxygen atoms in total. The Morgan fingerprint density at radius 2 is 1.88 bits per heavy atom. The first-order chi connectivity index (χ1) is 11.5. The molecule has 0 aliphatic heterocycles. The molecule has 0 fully saturated rings. The predicted molar refractivity (Wildman–Crippen MR) is 99.2 cm³/mol. The Morgan fingerprint density at radius 3 is 2.58 bits per heavy atom. The van der Waals surface area contributed by atoms with Crippen LogP contribution in [0.5, 0.6) is 0 Å². The van der Waals surface area contributed by atoms with E-state index in [0.29, 0.717) is 17.8 Å². The molecule has 5 heteroatoms. The average molecular weight is 342 g/mol. The van der Waals surface area contributed by atoms with Gasteiger partial charge in [0.25, 0.3) is 0 Å². The Kier molecular flexibility index (Phi) is 4.82. The Hall–Kier alpha value is -1.98. The highest BCUT2D eigenvalue weighted by molar-refractivity contribution is 6.76. The molecule has 0 amide bonds. The van der Waals surface area contributed by atoms with E-state index in [1.165, 1.54) is 12.3 Å². The summed E-state index contributed by atoms with van der Waals surface area (Å²) in [7, 11) is -1.12. The van der Waals surface area contributed by atoms with Crippen LogP contribution < -0.4 is 0 Å². The molecular formula is C19H23FN2OSi. The molecule has 126 valence electrons. The van der Waals surface area contributed by atoms with Gasteiger partial charge in [-0.1, -0.05) is 50.0 Å². The molecule has 3 rings (SSSR count). The van der Waals surface area contributed by atoms with Gasteiger partial charge >= 0.3 is 0 Å². The van der Waals surface area contributed by atoms with Gasteiger partial charge in [0.2, 0.25) is 0 Å². The monoisotopic (exact) mass is 342 g/mol. The number of nitrogens with zero attached hydrogens (tertiary/aromatic N) is 2. The highest BCUT2D eigenvalue weighted by Gasteiger charge is 2.16. The third-order valence-corrected chi connectivity index (χ3v) is 5.72. The van der Waals surface area contributed by atoms with Crippen LogP contribution in [0.25, 0.3) is 22.2 Å². The van der Waals surface area contributed by atoms with Crippen LogP contribution in [-0.2, 0) is 11.5 Å². The van der Waals surface area contributed by atoms with E-state index in [-0.39, 0.29) is 5.82 Å². The number of benzene rings is 1. The largest absolute Gasteiger partial charge is 0.361 e. The van der Waals surface area contributed by atoms with Gasteiger partial charge in [-0.15, -0.1) is 0 Å². The molecule has 0 unspecified atom stereocenters. The van der Waals surface area contributed by atoms with Crippen LogP contribution >= 0.6 is 0 Å². The SMILES string of the molecule is C[Si](C)(C)CCOCn1cc(-c2ccccc2)c2c(F)ccnc21.